The second kappa shape index (κ2) is 8.67. The van der Waals surface area contributed by atoms with Crippen molar-refractivity contribution in [3.63, 3.8) is 0 Å². The van der Waals surface area contributed by atoms with E-state index in [0.717, 1.165) is 22.8 Å². The van der Waals surface area contributed by atoms with Gasteiger partial charge in [0, 0.05) is 37.1 Å². The maximum atomic E-state index is 13.1. The predicted octanol–water partition coefficient (Wildman–Crippen LogP) is 2.74. The third-order valence-corrected chi connectivity index (χ3v) is 5.62. The lowest BCUT2D eigenvalue weighted by Gasteiger charge is -2.16. The first-order valence-electron chi connectivity index (χ1n) is 10.2. The van der Waals surface area contributed by atoms with Crippen molar-refractivity contribution in [2.45, 2.75) is 26.7 Å². The van der Waals surface area contributed by atoms with Crippen LogP contribution in [-0.4, -0.2) is 39.7 Å². The Bertz CT molecular complexity index is 1100. The van der Waals surface area contributed by atoms with E-state index in [1.807, 2.05) is 36.7 Å². The summed E-state index contributed by atoms with van der Waals surface area (Å²) in [7, 11) is 0. The molecule has 1 aliphatic rings. The zero-order valence-electron chi connectivity index (χ0n) is 17.5. The number of benzene rings is 1. The van der Waals surface area contributed by atoms with Gasteiger partial charge in [-0.25, -0.2) is 14.1 Å². The van der Waals surface area contributed by atoms with Crippen molar-refractivity contribution in [3.8, 4) is 5.82 Å². The Morgan fingerprint density at radius 1 is 1.19 bits per heavy atom. The van der Waals surface area contributed by atoms with Gasteiger partial charge in [-0.3, -0.25) is 9.59 Å². The lowest BCUT2D eigenvalue weighted by molar-refractivity contribution is -0.126. The normalized spacial score (nSPS) is 16.0. The summed E-state index contributed by atoms with van der Waals surface area (Å²) in [5.74, 6) is -0.304. The van der Waals surface area contributed by atoms with Gasteiger partial charge in [0.1, 0.15) is 5.82 Å². The van der Waals surface area contributed by atoms with Crippen LogP contribution in [0.25, 0.3) is 5.82 Å². The minimum Gasteiger partial charge on any atom is -0.355 e. The van der Waals surface area contributed by atoms with Crippen molar-refractivity contribution in [2.75, 3.05) is 18.0 Å². The van der Waals surface area contributed by atoms with Crippen molar-refractivity contribution in [1.29, 1.82) is 0 Å². The first kappa shape index (κ1) is 20.7. The predicted molar refractivity (Wildman–Crippen MR) is 114 cm³/mol. The van der Waals surface area contributed by atoms with Crippen LogP contribution in [0, 0.1) is 25.6 Å². The fraction of sp³-hybridized carbons (Fsp3) is 0.304. The summed E-state index contributed by atoms with van der Waals surface area (Å²) in [5, 5.41) is 7.53. The number of amides is 2. The number of halogens is 1. The van der Waals surface area contributed by atoms with E-state index in [9.17, 15) is 14.0 Å². The van der Waals surface area contributed by atoms with E-state index in [4.69, 9.17) is 0 Å². The van der Waals surface area contributed by atoms with Crippen molar-refractivity contribution in [2.24, 2.45) is 5.92 Å². The second-order valence-corrected chi connectivity index (χ2v) is 7.67. The molecule has 1 aromatic carbocycles. The smallest absolute Gasteiger partial charge is 0.227 e. The molecule has 0 saturated carbocycles. The summed E-state index contributed by atoms with van der Waals surface area (Å²) in [6.45, 7) is 4.68. The summed E-state index contributed by atoms with van der Waals surface area (Å²) in [5.41, 5.74) is 3.57. The number of carbonyl (C=O) groups excluding carboxylic acids is 2. The van der Waals surface area contributed by atoms with Crippen molar-refractivity contribution < 1.29 is 14.0 Å². The number of aromatic nitrogens is 3. The standard InChI is InChI=1S/C23H24FN5O2/c1-15-20(16(2)29(27-15)21-5-3-4-11-25-21)10-12-26-23(31)17-13-22(30)28(14-17)19-8-6-18(24)7-9-19/h3-9,11,17H,10,12-14H2,1-2H3,(H,26,31). The number of nitrogens with one attached hydrogen (secondary N) is 1. The SMILES string of the molecule is Cc1nn(-c2ccccn2)c(C)c1CCNC(=O)C1CC(=O)N(c2ccc(F)cc2)C1. The molecule has 1 unspecified atom stereocenters. The molecule has 3 aromatic rings. The van der Waals surface area contributed by atoms with E-state index in [2.05, 4.69) is 15.4 Å². The fourth-order valence-electron chi connectivity index (χ4n) is 3.95. The van der Waals surface area contributed by atoms with Gasteiger partial charge < -0.3 is 10.2 Å². The van der Waals surface area contributed by atoms with Gasteiger partial charge in [-0.15, -0.1) is 0 Å². The summed E-state index contributed by atoms with van der Waals surface area (Å²) in [6, 6.07) is 11.4. The van der Waals surface area contributed by atoms with Crippen LogP contribution < -0.4 is 10.2 Å². The van der Waals surface area contributed by atoms with Crippen LogP contribution in [0.2, 0.25) is 0 Å². The molecule has 1 N–H and O–H groups in total. The number of nitrogens with zero attached hydrogens (tertiary/aromatic N) is 4. The van der Waals surface area contributed by atoms with Crippen LogP contribution in [0.1, 0.15) is 23.4 Å². The summed E-state index contributed by atoms with van der Waals surface area (Å²) in [6.07, 6.45) is 2.52. The minimum atomic E-state index is -0.420. The molecular formula is C23H24FN5O2. The molecule has 1 saturated heterocycles. The van der Waals surface area contributed by atoms with Gasteiger partial charge in [-0.05, 0) is 62.2 Å². The van der Waals surface area contributed by atoms with Gasteiger partial charge in [-0.2, -0.15) is 5.10 Å². The van der Waals surface area contributed by atoms with Gasteiger partial charge >= 0.3 is 0 Å². The third kappa shape index (κ3) is 4.33. The van der Waals surface area contributed by atoms with Gasteiger partial charge in [-0.1, -0.05) is 6.07 Å². The van der Waals surface area contributed by atoms with E-state index in [1.54, 1.807) is 18.3 Å². The monoisotopic (exact) mass is 421 g/mol. The van der Waals surface area contributed by atoms with Crippen LogP contribution >= 0.6 is 0 Å². The third-order valence-electron chi connectivity index (χ3n) is 5.62. The second-order valence-electron chi connectivity index (χ2n) is 7.67. The molecule has 2 amide bonds. The van der Waals surface area contributed by atoms with Crippen LogP contribution in [0.3, 0.4) is 0 Å². The highest BCUT2D eigenvalue weighted by molar-refractivity contribution is 6.00. The molecule has 0 aliphatic carbocycles. The molecule has 1 aliphatic heterocycles. The quantitative estimate of drug-likeness (QED) is 0.664. The molecule has 3 heterocycles. The van der Waals surface area contributed by atoms with E-state index in [-0.39, 0.29) is 24.1 Å². The number of anilines is 1. The molecule has 1 atom stereocenters. The molecule has 0 spiro atoms. The van der Waals surface area contributed by atoms with Crippen LogP contribution in [0.15, 0.2) is 48.7 Å². The van der Waals surface area contributed by atoms with Crippen molar-refractivity contribution in [3.05, 3.63) is 71.4 Å². The first-order valence-corrected chi connectivity index (χ1v) is 10.2. The number of aryl methyl sites for hydroxylation is 1. The Kier molecular flexibility index (Phi) is 5.79. The summed E-state index contributed by atoms with van der Waals surface area (Å²) >= 11 is 0. The molecule has 8 heteroatoms. The van der Waals surface area contributed by atoms with Crippen LogP contribution in [-0.2, 0) is 16.0 Å². The van der Waals surface area contributed by atoms with Crippen LogP contribution in [0.4, 0.5) is 10.1 Å². The highest BCUT2D eigenvalue weighted by atomic mass is 19.1. The van der Waals surface area contributed by atoms with Gasteiger partial charge in [0.05, 0.1) is 11.6 Å². The molecule has 2 aromatic heterocycles. The minimum absolute atomic E-state index is 0.130. The fourth-order valence-corrected chi connectivity index (χ4v) is 3.95. The van der Waals surface area contributed by atoms with Crippen molar-refractivity contribution >= 4 is 17.5 Å². The maximum absolute atomic E-state index is 13.1. The molecule has 7 nitrogen and oxygen atoms in total. The zero-order chi connectivity index (χ0) is 22.0. The lowest BCUT2D eigenvalue weighted by atomic mass is 10.1. The first-order chi connectivity index (χ1) is 14.9. The van der Waals surface area contributed by atoms with Crippen LogP contribution in [0.5, 0.6) is 0 Å². The molecule has 4 rings (SSSR count). The van der Waals surface area contributed by atoms with Gasteiger partial charge in [0.2, 0.25) is 11.8 Å². The Hall–Kier alpha value is -3.55. The molecule has 1 fully saturated rings. The number of pyridine rings is 1. The number of rotatable bonds is 6. The number of hydrogen-bond donors (Lipinski definition) is 1. The van der Waals surface area contributed by atoms with Gasteiger partial charge in [0.25, 0.3) is 0 Å². The molecule has 160 valence electrons. The number of carbonyl (C=O) groups is 2. The average Bonchev–Trinajstić information content (AvgIpc) is 3.29. The highest BCUT2D eigenvalue weighted by Crippen LogP contribution is 2.25. The Morgan fingerprint density at radius 2 is 1.97 bits per heavy atom. The average molecular weight is 421 g/mol. The van der Waals surface area contributed by atoms with Gasteiger partial charge in [0.15, 0.2) is 5.82 Å². The number of hydrogen-bond acceptors (Lipinski definition) is 4. The van der Waals surface area contributed by atoms with E-state index in [1.165, 1.54) is 17.0 Å². The lowest BCUT2D eigenvalue weighted by Crippen LogP contribution is -2.34. The molecule has 31 heavy (non-hydrogen) atoms. The Morgan fingerprint density at radius 3 is 2.68 bits per heavy atom. The van der Waals surface area contributed by atoms with E-state index >= 15 is 0 Å². The maximum Gasteiger partial charge on any atom is 0.227 e. The Labute approximate surface area is 179 Å². The summed E-state index contributed by atoms with van der Waals surface area (Å²) < 4.78 is 14.9. The molecular weight excluding hydrogens is 397 g/mol. The zero-order valence-corrected chi connectivity index (χ0v) is 17.5. The highest BCUT2D eigenvalue weighted by Gasteiger charge is 2.35. The van der Waals surface area contributed by atoms with E-state index < -0.39 is 5.92 Å². The van der Waals surface area contributed by atoms with Crippen molar-refractivity contribution in [1.82, 2.24) is 20.1 Å². The Balaban J connectivity index is 1.35. The molecule has 0 bridgehead atoms. The largest absolute Gasteiger partial charge is 0.355 e. The topological polar surface area (TPSA) is 80.1 Å². The van der Waals surface area contributed by atoms with E-state index in [0.29, 0.717) is 25.2 Å². The molecule has 0 radical (unpaired) electrons. The summed E-state index contributed by atoms with van der Waals surface area (Å²) in [4.78, 5) is 30.8.